The molecule has 0 atom stereocenters. The van der Waals surface area contributed by atoms with Crippen LogP contribution in [0.25, 0.3) is 0 Å². The number of rotatable bonds is 5. The van der Waals surface area contributed by atoms with Crippen LogP contribution in [-0.4, -0.2) is 6.05 Å². The molecule has 10 heavy (non-hydrogen) atoms. The van der Waals surface area contributed by atoms with Crippen LogP contribution in [-0.2, 0) is 0 Å². The van der Waals surface area contributed by atoms with Gasteiger partial charge in [-0.1, -0.05) is 26.2 Å². The molecule has 0 saturated heterocycles. The summed E-state index contributed by atoms with van der Waals surface area (Å²) in [5, 5.41) is 0. The first kappa shape index (κ1) is 9.82. The quantitative estimate of drug-likeness (QED) is 0.474. The van der Waals surface area contributed by atoms with Crippen LogP contribution in [0.15, 0.2) is 0 Å². The fourth-order valence-corrected chi connectivity index (χ4v) is 0.787. The summed E-state index contributed by atoms with van der Waals surface area (Å²) in [7, 11) is 0. The highest BCUT2D eigenvalue weighted by atomic mass is 19.3. The summed E-state index contributed by atoms with van der Waals surface area (Å²) in [6.45, 7) is 2.04. The number of hydrogen-bond acceptors (Lipinski definition) is 1. The van der Waals surface area contributed by atoms with E-state index in [1.54, 1.807) is 0 Å². The number of unbranched alkanes of at least 4 members (excludes halogenated alkanes) is 3. The molecule has 3 heteroatoms. The topological polar surface area (TPSA) is 26.0 Å². The normalized spacial score (nSPS) is 12.0. The van der Waals surface area contributed by atoms with Gasteiger partial charge in [-0.25, -0.2) is 0 Å². The van der Waals surface area contributed by atoms with Crippen LogP contribution < -0.4 is 5.73 Å². The van der Waals surface area contributed by atoms with Crippen LogP contribution in [0.1, 0.15) is 39.0 Å². The molecular formula is C7H15F2N. The van der Waals surface area contributed by atoms with E-state index in [1.165, 1.54) is 0 Å². The van der Waals surface area contributed by atoms with Gasteiger partial charge in [-0.05, 0) is 6.42 Å². The minimum atomic E-state index is -2.95. The second kappa shape index (κ2) is 4.61. The zero-order valence-corrected chi connectivity index (χ0v) is 6.37. The first-order valence-electron chi connectivity index (χ1n) is 3.73. The number of nitrogens with two attached hydrogens (primary N) is 1. The van der Waals surface area contributed by atoms with Gasteiger partial charge in [0.25, 0.3) is 6.05 Å². The van der Waals surface area contributed by atoms with Crippen molar-refractivity contribution < 1.29 is 8.78 Å². The highest BCUT2D eigenvalue weighted by Crippen LogP contribution is 2.15. The molecule has 0 rings (SSSR count). The van der Waals surface area contributed by atoms with E-state index in [1.807, 2.05) is 6.92 Å². The van der Waals surface area contributed by atoms with Crippen molar-refractivity contribution in [3.8, 4) is 0 Å². The standard InChI is InChI=1S/C7H15F2N/c1-2-3-4-5-6-7(8,9)10/h2-6,10H2,1H3. The maximum absolute atomic E-state index is 11.9. The van der Waals surface area contributed by atoms with E-state index in [9.17, 15) is 8.78 Å². The summed E-state index contributed by atoms with van der Waals surface area (Å²) in [6.07, 6.45) is 3.32. The fourth-order valence-electron chi connectivity index (χ4n) is 0.787. The Kier molecular flexibility index (Phi) is 4.52. The predicted molar refractivity (Wildman–Crippen MR) is 37.9 cm³/mol. The maximum Gasteiger partial charge on any atom is 0.300 e. The van der Waals surface area contributed by atoms with Crippen molar-refractivity contribution in [1.29, 1.82) is 0 Å². The second-order valence-corrected chi connectivity index (χ2v) is 2.57. The maximum atomic E-state index is 11.9. The summed E-state index contributed by atoms with van der Waals surface area (Å²) in [6, 6.07) is -2.95. The fraction of sp³-hybridized carbons (Fsp3) is 1.00. The average Bonchev–Trinajstić information content (AvgIpc) is 1.78. The Labute approximate surface area is 60.6 Å². The molecule has 0 spiro atoms. The number of hydrogen-bond donors (Lipinski definition) is 1. The van der Waals surface area contributed by atoms with Crippen molar-refractivity contribution in [1.82, 2.24) is 0 Å². The number of alkyl halides is 2. The van der Waals surface area contributed by atoms with Crippen LogP contribution in [0.5, 0.6) is 0 Å². The average molecular weight is 151 g/mol. The Morgan fingerprint density at radius 3 is 2.20 bits per heavy atom. The summed E-state index contributed by atoms with van der Waals surface area (Å²) in [5.74, 6) is 0. The summed E-state index contributed by atoms with van der Waals surface area (Å²) < 4.78 is 23.9. The molecular weight excluding hydrogens is 136 g/mol. The Balaban J connectivity index is 3.04. The minimum Gasteiger partial charge on any atom is -0.272 e. The second-order valence-electron chi connectivity index (χ2n) is 2.57. The highest BCUT2D eigenvalue weighted by molar-refractivity contribution is 4.55. The van der Waals surface area contributed by atoms with Gasteiger partial charge in [-0.3, -0.25) is 5.73 Å². The molecule has 0 aliphatic heterocycles. The van der Waals surface area contributed by atoms with Crippen molar-refractivity contribution in [2.75, 3.05) is 0 Å². The largest absolute Gasteiger partial charge is 0.300 e. The number of halogens is 2. The third-order valence-electron chi connectivity index (χ3n) is 1.36. The van der Waals surface area contributed by atoms with E-state index in [0.29, 0.717) is 6.42 Å². The predicted octanol–water partition coefficient (Wildman–Crippen LogP) is 2.51. The van der Waals surface area contributed by atoms with Crippen LogP contribution in [0.3, 0.4) is 0 Å². The lowest BCUT2D eigenvalue weighted by Crippen LogP contribution is -2.27. The van der Waals surface area contributed by atoms with Crippen LogP contribution in [0, 0.1) is 0 Å². The molecule has 0 unspecified atom stereocenters. The van der Waals surface area contributed by atoms with Gasteiger partial charge in [0.05, 0.1) is 0 Å². The Morgan fingerprint density at radius 1 is 1.20 bits per heavy atom. The van der Waals surface area contributed by atoms with Crippen LogP contribution in [0.2, 0.25) is 0 Å². The molecule has 0 aliphatic rings. The lowest BCUT2D eigenvalue weighted by molar-refractivity contribution is -0.00315. The summed E-state index contributed by atoms with van der Waals surface area (Å²) >= 11 is 0. The molecule has 1 nitrogen and oxygen atoms in total. The molecule has 0 fully saturated rings. The van der Waals surface area contributed by atoms with Gasteiger partial charge in [-0.15, -0.1) is 0 Å². The smallest absolute Gasteiger partial charge is 0.272 e. The molecule has 62 valence electrons. The molecule has 0 amide bonds. The SMILES string of the molecule is CCCCCCC(N)(F)F. The zero-order valence-electron chi connectivity index (χ0n) is 6.37. The van der Waals surface area contributed by atoms with Crippen LogP contribution in [0.4, 0.5) is 8.78 Å². The van der Waals surface area contributed by atoms with E-state index in [4.69, 9.17) is 0 Å². The Hall–Kier alpha value is -0.180. The van der Waals surface area contributed by atoms with Crippen molar-refractivity contribution in [2.24, 2.45) is 5.73 Å². The van der Waals surface area contributed by atoms with Crippen molar-refractivity contribution in [2.45, 2.75) is 45.1 Å². The first-order valence-corrected chi connectivity index (χ1v) is 3.73. The van der Waals surface area contributed by atoms with Crippen molar-refractivity contribution in [3.63, 3.8) is 0 Å². The van der Waals surface area contributed by atoms with Gasteiger partial charge in [0.2, 0.25) is 0 Å². The summed E-state index contributed by atoms with van der Waals surface area (Å²) in [4.78, 5) is 0. The molecule has 0 aliphatic carbocycles. The molecule has 0 radical (unpaired) electrons. The van der Waals surface area contributed by atoms with Gasteiger partial charge < -0.3 is 0 Å². The molecule has 0 bridgehead atoms. The van der Waals surface area contributed by atoms with Crippen LogP contribution >= 0.6 is 0 Å². The van der Waals surface area contributed by atoms with E-state index >= 15 is 0 Å². The van der Waals surface area contributed by atoms with Gasteiger partial charge in [0.1, 0.15) is 0 Å². The molecule has 2 N–H and O–H groups in total. The zero-order chi connectivity index (χ0) is 8.04. The Bertz CT molecular complexity index is 78.2. The third kappa shape index (κ3) is 7.82. The third-order valence-corrected chi connectivity index (χ3v) is 1.36. The van der Waals surface area contributed by atoms with E-state index in [-0.39, 0.29) is 6.42 Å². The first-order chi connectivity index (χ1) is 4.56. The summed E-state index contributed by atoms with van der Waals surface area (Å²) in [5.41, 5.74) is 4.48. The molecule has 0 saturated carbocycles. The van der Waals surface area contributed by atoms with E-state index in [0.717, 1.165) is 19.3 Å². The van der Waals surface area contributed by atoms with E-state index in [2.05, 4.69) is 5.73 Å². The van der Waals surface area contributed by atoms with E-state index < -0.39 is 6.05 Å². The molecule has 0 aromatic carbocycles. The Morgan fingerprint density at radius 2 is 1.80 bits per heavy atom. The minimum absolute atomic E-state index is 0.174. The molecule has 0 aromatic heterocycles. The molecule has 0 aromatic rings. The molecule has 0 heterocycles. The van der Waals surface area contributed by atoms with Gasteiger partial charge >= 0.3 is 0 Å². The van der Waals surface area contributed by atoms with Crippen molar-refractivity contribution >= 4 is 0 Å². The van der Waals surface area contributed by atoms with Gasteiger partial charge in [0.15, 0.2) is 0 Å². The lowest BCUT2D eigenvalue weighted by Gasteiger charge is -2.08. The van der Waals surface area contributed by atoms with Gasteiger partial charge in [-0.2, -0.15) is 8.78 Å². The lowest BCUT2D eigenvalue weighted by atomic mass is 10.1. The van der Waals surface area contributed by atoms with Gasteiger partial charge in [0, 0.05) is 6.42 Å². The highest BCUT2D eigenvalue weighted by Gasteiger charge is 2.19. The van der Waals surface area contributed by atoms with Crippen molar-refractivity contribution in [3.05, 3.63) is 0 Å². The monoisotopic (exact) mass is 151 g/mol.